The molecule has 1 fully saturated rings. The van der Waals surface area contributed by atoms with Gasteiger partial charge in [-0.1, -0.05) is 23.7 Å². The van der Waals surface area contributed by atoms with Crippen molar-refractivity contribution in [3.63, 3.8) is 0 Å². The minimum absolute atomic E-state index is 0.169. The smallest absolute Gasteiger partial charge is 0.243 e. The van der Waals surface area contributed by atoms with Crippen LogP contribution < -0.4 is 5.32 Å². The van der Waals surface area contributed by atoms with E-state index in [1.807, 2.05) is 0 Å². The lowest BCUT2D eigenvalue weighted by molar-refractivity contribution is -0.115. The monoisotopic (exact) mass is 378 g/mol. The summed E-state index contributed by atoms with van der Waals surface area (Å²) in [7, 11) is -3.43. The van der Waals surface area contributed by atoms with Gasteiger partial charge < -0.3 is 5.32 Å². The van der Waals surface area contributed by atoms with Crippen LogP contribution >= 0.6 is 11.6 Å². The second-order valence-corrected chi connectivity index (χ2v) is 8.36. The van der Waals surface area contributed by atoms with Crippen molar-refractivity contribution in [2.24, 2.45) is 0 Å². The zero-order valence-electron chi connectivity index (χ0n) is 13.6. The van der Waals surface area contributed by atoms with Gasteiger partial charge in [-0.2, -0.15) is 4.31 Å². The Labute approximate surface area is 152 Å². The van der Waals surface area contributed by atoms with Crippen molar-refractivity contribution in [2.45, 2.75) is 24.2 Å². The van der Waals surface area contributed by atoms with E-state index in [9.17, 15) is 13.2 Å². The minimum atomic E-state index is -3.43. The molecule has 1 aliphatic rings. The quantitative estimate of drug-likeness (QED) is 0.868. The Bertz CT molecular complexity index is 843. The molecule has 1 N–H and O–H groups in total. The molecule has 0 aliphatic carbocycles. The number of sulfonamides is 1. The largest absolute Gasteiger partial charge is 0.326 e. The lowest BCUT2D eigenvalue weighted by Gasteiger charge is -2.15. The van der Waals surface area contributed by atoms with Crippen molar-refractivity contribution in [1.82, 2.24) is 4.31 Å². The van der Waals surface area contributed by atoms with Crippen LogP contribution in [0.1, 0.15) is 18.4 Å². The molecule has 0 bridgehead atoms. The second-order valence-electron chi connectivity index (χ2n) is 5.99. The molecule has 0 unspecified atom stereocenters. The number of halogens is 1. The molecule has 7 heteroatoms. The van der Waals surface area contributed by atoms with Crippen LogP contribution in [-0.4, -0.2) is 31.7 Å². The van der Waals surface area contributed by atoms with Crippen LogP contribution in [0, 0.1) is 0 Å². The van der Waals surface area contributed by atoms with Crippen molar-refractivity contribution in [3.05, 3.63) is 59.1 Å². The van der Waals surface area contributed by atoms with Crippen LogP contribution in [0.2, 0.25) is 5.02 Å². The molecule has 25 heavy (non-hydrogen) atoms. The number of rotatable bonds is 5. The lowest BCUT2D eigenvalue weighted by Crippen LogP contribution is -2.27. The van der Waals surface area contributed by atoms with Crippen LogP contribution in [0.4, 0.5) is 5.69 Å². The number of nitrogens with zero attached hydrogens (tertiary/aromatic N) is 1. The summed E-state index contributed by atoms with van der Waals surface area (Å²) in [4.78, 5) is 12.3. The maximum absolute atomic E-state index is 12.5. The molecule has 1 amide bonds. The first-order valence-corrected chi connectivity index (χ1v) is 9.91. The van der Waals surface area contributed by atoms with Crippen molar-refractivity contribution in [1.29, 1.82) is 0 Å². The van der Waals surface area contributed by atoms with Gasteiger partial charge in [0.2, 0.25) is 15.9 Å². The maximum atomic E-state index is 12.5. The van der Waals surface area contributed by atoms with Gasteiger partial charge in [0.15, 0.2) is 0 Å². The predicted octanol–water partition coefficient (Wildman–Crippen LogP) is 3.31. The van der Waals surface area contributed by atoms with Gasteiger partial charge in [0.1, 0.15) is 0 Å². The zero-order valence-corrected chi connectivity index (χ0v) is 15.2. The Morgan fingerprint density at radius 3 is 2.20 bits per heavy atom. The van der Waals surface area contributed by atoms with E-state index in [1.54, 1.807) is 36.4 Å². The fourth-order valence-electron chi connectivity index (χ4n) is 2.78. The molecule has 0 spiro atoms. The molecule has 0 radical (unpaired) electrons. The summed E-state index contributed by atoms with van der Waals surface area (Å²) in [5.41, 5.74) is 1.43. The molecule has 2 aromatic carbocycles. The summed E-state index contributed by atoms with van der Waals surface area (Å²) in [6.45, 7) is 1.14. The van der Waals surface area contributed by atoms with Crippen LogP contribution in [0.15, 0.2) is 53.4 Å². The first-order valence-electron chi connectivity index (χ1n) is 8.10. The fraction of sp³-hybridized carbons (Fsp3) is 0.278. The molecule has 0 aromatic heterocycles. The third-order valence-electron chi connectivity index (χ3n) is 4.12. The number of anilines is 1. The van der Waals surface area contributed by atoms with Gasteiger partial charge in [-0.25, -0.2) is 8.42 Å². The van der Waals surface area contributed by atoms with Gasteiger partial charge in [-0.15, -0.1) is 0 Å². The van der Waals surface area contributed by atoms with Crippen molar-refractivity contribution in [2.75, 3.05) is 18.4 Å². The number of benzene rings is 2. The highest BCUT2D eigenvalue weighted by Crippen LogP contribution is 2.22. The van der Waals surface area contributed by atoms with Crippen molar-refractivity contribution >= 4 is 33.2 Å². The van der Waals surface area contributed by atoms with Gasteiger partial charge in [0, 0.05) is 23.8 Å². The summed E-state index contributed by atoms with van der Waals surface area (Å²) in [6, 6.07) is 13.4. The molecule has 0 saturated carbocycles. The Balaban J connectivity index is 1.64. The third-order valence-corrected chi connectivity index (χ3v) is 6.28. The Morgan fingerprint density at radius 1 is 1.00 bits per heavy atom. The van der Waals surface area contributed by atoms with Gasteiger partial charge >= 0.3 is 0 Å². The molecule has 5 nitrogen and oxygen atoms in total. The zero-order chi connectivity index (χ0) is 17.9. The molecule has 3 rings (SSSR count). The normalized spacial score (nSPS) is 15.2. The van der Waals surface area contributed by atoms with Crippen LogP contribution in [-0.2, 0) is 21.2 Å². The summed E-state index contributed by atoms with van der Waals surface area (Å²) < 4.78 is 26.4. The van der Waals surface area contributed by atoms with Crippen LogP contribution in [0.25, 0.3) is 0 Å². The van der Waals surface area contributed by atoms with Gasteiger partial charge in [0.25, 0.3) is 0 Å². The maximum Gasteiger partial charge on any atom is 0.243 e. The number of amides is 1. The molecule has 132 valence electrons. The number of hydrogen-bond donors (Lipinski definition) is 1. The molecule has 1 aliphatic heterocycles. The van der Waals surface area contributed by atoms with Crippen molar-refractivity contribution < 1.29 is 13.2 Å². The fourth-order valence-corrected chi connectivity index (χ4v) is 4.42. The van der Waals surface area contributed by atoms with Gasteiger partial charge in [-0.3, -0.25) is 4.79 Å². The number of hydrogen-bond acceptors (Lipinski definition) is 3. The van der Waals surface area contributed by atoms with Gasteiger partial charge in [-0.05, 0) is 54.8 Å². The Hall–Kier alpha value is -1.89. The van der Waals surface area contributed by atoms with E-state index in [0.717, 1.165) is 18.4 Å². The Morgan fingerprint density at radius 2 is 1.60 bits per heavy atom. The molecule has 0 atom stereocenters. The highest BCUT2D eigenvalue weighted by molar-refractivity contribution is 7.89. The van der Waals surface area contributed by atoms with E-state index < -0.39 is 10.0 Å². The van der Waals surface area contributed by atoms with E-state index in [0.29, 0.717) is 23.8 Å². The number of carbonyl (C=O) groups is 1. The van der Waals surface area contributed by atoms with Gasteiger partial charge in [0.05, 0.1) is 11.3 Å². The summed E-state index contributed by atoms with van der Waals surface area (Å²) in [6.07, 6.45) is 2.03. The minimum Gasteiger partial charge on any atom is -0.326 e. The predicted molar refractivity (Wildman–Crippen MR) is 98.2 cm³/mol. The molecule has 1 saturated heterocycles. The molecule has 1 heterocycles. The molecular weight excluding hydrogens is 360 g/mol. The first kappa shape index (κ1) is 17.9. The number of nitrogens with one attached hydrogen (secondary N) is 1. The lowest BCUT2D eigenvalue weighted by atomic mass is 10.1. The van der Waals surface area contributed by atoms with Crippen LogP contribution in [0.5, 0.6) is 0 Å². The summed E-state index contributed by atoms with van der Waals surface area (Å²) in [5.74, 6) is -0.169. The third kappa shape index (κ3) is 4.39. The second kappa shape index (κ2) is 7.56. The first-order chi connectivity index (χ1) is 11.9. The van der Waals surface area contributed by atoms with E-state index in [4.69, 9.17) is 11.6 Å². The van der Waals surface area contributed by atoms with E-state index in [1.165, 1.54) is 16.4 Å². The average Bonchev–Trinajstić information content (AvgIpc) is 3.13. The van der Waals surface area contributed by atoms with Crippen molar-refractivity contribution in [3.8, 4) is 0 Å². The number of carbonyl (C=O) groups excluding carboxylic acids is 1. The molecular formula is C18H19ClN2O3S. The highest BCUT2D eigenvalue weighted by atomic mass is 35.5. The van der Waals surface area contributed by atoms with E-state index in [2.05, 4.69) is 5.32 Å². The standard InChI is InChI=1S/C18H19ClN2O3S/c19-15-5-3-14(4-6-15)13-18(22)20-16-7-9-17(10-8-16)25(23,24)21-11-1-2-12-21/h3-10H,1-2,11-13H2,(H,20,22). The van der Waals surface area contributed by atoms with Crippen LogP contribution in [0.3, 0.4) is 0 Å². The summed E-state index contributed by atoms with van der Waals surface area (Å²) >= 11 is 5.82. The summed E-state index contributed by atoms with van der Waals surface area (Å²) in [5, 5.41) is 3.40. The Kier molecular flexibility index (Phi) is 5.42. The average molecular weight is 379 g/mol. The van der Waals surface area contributed by atoms with E-state index >= 15 is 0 Å². The highest BCUT2D eigenvalue weighted by Gasteiger charge is 2.26. The topological polar surface area (TPSA) is 66.5 Å². The SMILES string of the molecule is O=C(Cc1ccc(Cl)cc1)Nc1ccc(S(=O)(=O)N2CCCC2)cc1. The molecule has 2 aromatic rings. The van der Waals surface area contributed by atoms with E-state index in [-0.39, 0.29) is 17.2 Å².